The van der Waals surface area contributed by atoms with Gasteiger partial charge in [0.1, 0.15) is 0 Å². The van der Waals surface area contributed by atoms with Gasteiger partial charge >= 0.3 is 0 Å². The summed E-state index contributed by atoms with van der Waals surface area (Å²) in [6.07, 6.45) is 4.74. The minimum absolute atomic E-state index is 0.0728. The molecule has 0 bridgehead atoms. The van der Waals surface area contributed by atoms with Crippen molar-refractivity contribution in [3.05, 3.63) is 24.2 Å². The molecule has 132 valence electrons. The fourth-order valence-corrected chi connectivity index (χ4v) is 3.67. The summed E-state index contributed by atoms with van der Waals surface area (Å²) in [5.74, 6) is 0.280. The molecule has 4 heterocycles. The number of likely N-dealkylation sites (tertiary alicyclic amines) is 1. The Morgan fingerprint density at radius 1 is 1.40 bits per heavy atom. The van der Waals surface area contributed by atoms with Gasteiger partial charge in [-0.1, -0.05) is 0 Å². The molecule has 0 aliphatic carbocycles. The lowest BCUT2D eigenvalue weighted by Crippen LogP contribution is -2.34. The molecule has 2 aliphatic heterocycles. The van der Waals surface area contributed by atoms with Crippen molar-refractivity contribution in [2.75, 3.05) is 31.6 Å². The van der Waals surface area contributed by atoms with Crippen LogP contribution in [0.2, 0.25) is 0 Å². The average molecular weight is 345 g/mol. The van der Waals surface area contributed by atoms with Crippen LogP contribution in [0.1, 0.15) is 23.4 Å². The number of anilines is 1. The number of carbonyl (C=O) groups is 2. The number of rotatable bonds is 3. The molecule has 2 aliphatic rings. The zero-order valence-electron chi connectivity index (χ0n) is 14.1. The molecule has 4 rings (SSSR count). The molecule has 0 N–H and O–H groups in total. The summed E-state index contributed by atoms with van der Waals surface area (Å²) in [6.45, 7) is 1.72. The summed E-state index contributed by atoms with van der Waals surface area (Å²) in [7, 11) is 3.29. The molecule has 0 saturated carbocycles. The molecule has 0 radical (unpaired) electrons. The van der Waals surface area contributed by atoms with Crippen LogP contribution in [0.4, 0.5) is 5.69 Å². The SMILES string of the molecule is COc1cc(C(=O)N2CCC3(CC(=O)N(c4cnn(C)c4)C3)C2)on1. The van der Waals surface area contributed by atoms with E-state index >= 15 is 0 Å². The molecule has 9 nitrogen and oxygen atoms in total. The van der Waals surface area contributed by atoms with Gasteiger partial charge in [0.15, 0.2) is 0 Å². The summed E-state index contributed by atoms with van der Waals surface area (Å²) >= 11 is 0. The van der Waals surface area contributed by atoms with Crippen LogP contribution in [0.5, 0.6) is 5.88 Å². The first kappa shape index (κ1) is 15.7. The van der Waals surface area contributed by atoms with Gasteiger partial charge in [-0.05, 0) is 11.6 Å². The Balaban J connectivity index is 1.48. The van der Waals surface area contributed by atoms with Gasteiger partial charge < -0.3 is 19.1 Å². The third-order valence-electron chi connectivity index (χ3n) is 4.96. The Morgan fingerprint density at radius 2 is 2.24 bits per heavy atom. The average Bonchev–Trinajstić information content (AvgIpc) is 3.35. The number of carbonyl (C=O) groups excluding carboxylic acids is 2. The van der Waals surface area contributed by atoms with E-state index in [9.17, 15) is 9.59 Å². The summed E-state index contributed by atoms with van der Waals surface area (Å²) in [6, 6.07) is 1.48. The van der Waals surface area contributed by atoms with Crippen molar-refractivity contribution in [3.8, 4) is 5.88 Å². The Bertz CT molecular complexity index is 828. The predicted molar refractivity (Wildman–Crippen MR) is 86.2 cm³/mol. The fourth-order valence-electron chi connectivity index (χ4n) is 3.67. The Hall–Kier alpha value is -2.84. The lowest BCUT2D eigenvalue weighted by atomic mass is 9.86. The highest BCUT2D eigenvalue weighted by Gasteiger charge is 2.49. The number of aryl methyl sites for hydroxylation is 1. The van der Waals surface area contributed by atoms with Gasteiger partial charge in [0.25, 0.3) is 11.8 Å². The van der Waals surface area contributed by atoms with Crippen LogP contribution >= 0.6 is 0 Å². The van der Waals surface area contributed by atoms with E-state index in [2.05, 4.69) is 10.3 Å². The first-order valence-electron chi connectivity index (χ1n) is 8.09. The van der Waals surface area contributed by atoms with Crippen molar-refractivity contribution < 1.29 is 18.8 Å². The molecule has 2 aromatic rings. The van der Waals surface area contributed by atoms with Crippen LogP contribution in [0.25, 0.3) is 0 Å². The monoisotopic (exact) mass is 345 g/mol. The van der Waals surface area contributed by atoms with E-state index in [-0.39, 0.29) is 28.9 Å². The van der Waals surface area contributed by atoms with Crippen LogP contribution in [0, 0.1) is 5.41 Å². The fraction of sp³-hybridized carbons (Fsp3) is 0.500. The molecule has 2 fully saturated rings. The molecule has 1 atom stereocenters. The molecule has 2 amide bonds. The van der Waals surface area contributed by atoms with Crippen molar-refractivity contribution in [2.24, 2.45) is 12.5 Å². The zero-order valence-corrected chi connectivity index (χ0v) is 14.1. The van der Waals surface area contributed by atoms with Crippen molar-refractivity contribution in [1.29, 1.82) is 0 Å². The van der Waals surface area contributed by atoms with E-state index in [1.54, 1.807) is 20.7 Å². The number of nitrogens with zero attached hydrogens (tertiary/aromatic N) is 5. The number of methoxy groups -OCH3 is 1. The van der Waals surface area contributed by atoms with Gasteiger partial charge in [0, 0.05) is 44.7 Å². The van der Waals surface area contributed by atoms with E-state index in [1.807, 2.05) is 13.2 Å². The molecular formula is C16H19N5O4. The highest BCUT2D eigenvalue weighted by Crippen LogP contribution is 2.42. The number of hydrogen-bond acceptors (Lipinski definition) is 6. The third kappa shape index (κ3) is 2.65. The number of ether oxygens (including phenoxy) is 1. The van der Waals surface area contributed by atoms with Crippen molar-refractivity contribution in [2.45, 2.75) is 12.8 Å². The predicted octanol–water partition coefficient (Wildman–Crippen LogP) is 0.686. The maximum atomic E-state index is 12.6. The van der Waals surface area contributed by atoms with Gasteiger partial charge in [-0.15, -0.1) is 0 Å². The van der Waals surface area contributed by atoms with Crippen LogP contribution in [-0.4, -0.2) is 58.4 Å². The normalized spacial score (nSPS) is 23.0. The van der Waals surface area contributed by atoms with Crippen molar-refractivity contribution in [1.82, 2.24) is 19.8 Å². The van der Waals surface area contributed by atoms with Gasteiger partial charge in [0.2, 0.25) is 11.7 Å². The molecule has 0 aromatic carbocycles. The van der Waals surface area contributed by atoms with Gasteiger partial charge in [-0.25, -0.2) is 0 Å². The van der Waals surface area contributed by atoms with E-state index in [0.29, 0.717) is 26.1 Å². The second-order valence-corrected chi connectivity index (χ2v) is 6.74. The quantitative estimate of drug-likeness (QED) is 0.812. The van der Waals surface area contributed by atoms with Crippen molar-refractivity contribution in [3.63, 3.8) is 0 Å². The molecule has 9 heteroatoms. The molecular weight excluding hydrogens is 326 g/mol. The van der Waals surface area contributed by atoms with E-state index in [4.69, 9.17) is 9.26 Å². The molecule has 1 spiro atoms. The van der Waals surface area contributed by atoms with Gasteiger partial charge in [0.05, 0.1) is 25.1 Å². The molecule has 25 heavy (non-hydrogen) atoms. The largest absolute Gasteiger partial charge is 0.479 e. The van der Waals surface area contributed by atoms with E-state index in [0.717, 1.165) is 12.1 Å². The summed E-state index contributed by atoms with van der Waals surface area (Å²) < 4.78 is 11.7. The van der Waals surface area contributed by atoms with Gasteiger partial charge in [-0.2, -0.15) is 5.10 Å². The van der Waals surface area contributed by atoms with E-state index in [1.165, 1.54) is 13.2 Å². The highest BCUT2D eigenvalue weighted by atomic mass is 16.5. The summed E-state index contributed by atoms with van der Waals surface area (Å²) in [5, 5.41) is 7.80. The minimum Gasteiger partial charge on any atom is -0.479 e. The molecule has 2 aromatic heterocycles. The first-order valence-corrected chi connectivity index (χ1v) is 8.09. The maximum Gasteiger partial charge on any atom is 0.292 e. The van der Waals surface area contributed by atoms with Crippen LogP contribution in [0.3, 0.4) is 0 Å². The third-order valence-corrected chi connectivity index (χ3v) is 4.96. The Morgan fingerprint density at radius 3 is 2.92 bits per heavy atom. The first-order chi connectivity index (χ1) is 12.0. The zero-order chi connectivity index (χ0) is 17.6. The summed E-state index contributed by atoms with van der Waals surface area (Å²) in [4.78, 5) is 28.5. The van der Waals surface area contributed by atoms with Crippen molar-refractivity contribution >= 4 is 17.5 Å². The molecule has 2 saturated heterocycles. The minimum atomic E-state index is -0.222. The standard InChI is InChI=1S/C16H19N5O4/c1-19-8-11(7-17-19)21-10-16(6-14(21)22)3-4-20(9-16)15(23)12-5-13(24-2)18-25-12/h5,7-8H,3-4,6,9-10H2,1-2H3. The number of aromatic nitrogens is 3. The second kappa shape index (κ2) is 5.61. The summed E-state index contributed by atoms with van der Waals surface area (Å²) in [5.41, 5.74) is 0.585. The van der Waals surface area contributed by atoms with Crippen LogP contribution < -0.4 is 9.64 Å². The number of amides is 2. The lowest BCUT2D eigenvalue weighted by molar-refractivity contribution is -0.117. The highest BCUT2D eigenvalue weighted by molar-refractivity contribution is 5.97. The van der Waals surface area contributed by atoms with Crippen LogP contribution in [-0.2, 0) is 11.8 Å². The topological polar surface area (TPSA) is 93.7 Å². The Labute approximate surface area is 144 Å². The lowest BCUT2D eigenvalue weighted by Gasteiger charge is -2.23. The number of hydrogen-bond donors (Lipinski definition) is 0. The maximum absolute atomic E-state index is 12.6. The van der Waals surface area contributed by atoms with Gasteiger partial charge in [-0.3, -0.25) is 14.3 Å². The van der Waals surface area contributed by atoms with E-state index < -0.39 is 0 Å². The molecule has 1 unspecified atom stereocenters. The van der Waals surface area contributed by atoms with Crippen LogP contribution in [0.15, 0.2) is 23.0 Å². The second-order valence-electron chi connectivity index (χ2n) is 6.74. The Kier molecular flexibility index (Phi) is 3.52. The smallest absolute Gasteiger partial charge is 0.292 e.